The summed E-state index contributed by atoms with van der Waals surface area (Å²) in [6.07, 6.45) is 1.05. The zero-order chi connectivity index (χ0) is 21.1. The Labute approximate surface area is 174 Å². The lowest BCUT2D eigenvalue weighted by Crippen LogP contribution is -2.34. The Morgan fingerprint density at radius 3 is 2.07 bits per heavy atom. The van der Waals surface area contributed by atoms with Crippen molar-refractivity contribution in [1.82, 2.24) is 5.32 Å². The van der Waals surface area contributed by atoms with Crippen molar-refractivity contribution < 1.29 is 19.1 Å². The second-order valence-electron chi connectivity index (χ2n) is 6.19. The fourth-order valence-corrected chi connectivity index (χ4v) is 2.66. The third kappa shape index (κ3) is 8.52. The molecule has 0 fully saturated rings. The van der Waals surface area contributed by atoms with Crippen molar-refractivity contribution in [3.05, 3.63) is 60.2 Å². The molecular formula is C21H23N3O4S. The highest BCUT2D eigenvalue weighted by Crippen LogP contribution is 2.14. The fraction of sp³-hybridized carbons (Fsp3) is 0.238. The van der Waals surface area contributed by atoms with Crippen molar-refractivity contribution in [2.24, 2.45) is 0 Å². The summed E-state index contributed by atoms with van der Waals surface area (Å²) in [7, 11) is 1.27. The number of rotatable bonds is 8. The normalized spacial score (nSPS) is 9.97. The molecule has 3 N–H and O–H groups in total. The van der Waals surface area contributed by atoms with E-state index >= 15 is 0 Å². The van der Waals surface area contributed by atoms with Crippen LogP contribution in [0.3, 0.4) is 0 Å². The van der Waals surface area contributed by atoms with E-state index in [9.17, 15) is 14.4 Å². The molecule has 2 rings (SSSR count). The SMILES string of the molecule is COC(=O)CCC(=O)NC(=S)Nc1ccc(NC(=O)CCc2ccccc2)cc1. The van der Waals surface area contributed by atoms with Crippen LogP contribution >= 0.6 is 12.2 Å². The first-order chi connectivity index (χ1) is 14.0. The zero-order valence-electron chi connectivity index (χ0n) is 16.1. The number of methoxy groups -OCH3 is 1. The Kier molecular flexibility index (Phi) is 8.78. The Bertz CT molecular complexity index is 854. The summed E-state index contributed by atoms with van der Waals surface area (Å²) >= 11 is 5.08. The molecule has 2 aromatic carbocycles. The van der Waals surface area contributed by atoms with E-state index in [1.807, 2.05) is 30.3 Å². The molecule has 0 unspecified atom stereocenters. The van der Waals surface area contributed by atoms with Crippen LogP contribution in [0, 0.1) is 0 Å². The molecule has 0 radical (unpaired) electrons. The average Bonchev–Trinajstić information content (AvgIpc) is 2.72. The largest absolute Gasteiger partial charge is 0.469 e. The first kappa shape index (κ1) is 22.0. The number of carbonyl (C=O) groups is 3. The number of esters is 1. The van der Waals surface area contributed by atoms with Crippen LogP contribution in [0.1, 0.15) is 24.8 Å². The van der Waals surface area contributed by atoms with Crippen LogP contribution in [-0.2, 0) is 25.5 Å². The fourth-order valence-electron chi connectivity index (χ4n) is 2.43. The molecule has 0 saturated carbocycles. The highest BCUT2D eigenvalue weighted by molar-refractivity contribution is 7.80. The topological polar surface area (TPSA) is 96.5 Å². The molecule has 8 heteroatoms. The first-order valence-corrected chi connectivity index (χ1v) is 9.48. The van der Waals surface area contributed by atoms with E-state index in [1.165, 1.54) is 7.11 Å². The van der Waals surface area contributed by atoms with Crippen molar-refractivity contribution in [2.45, 2.75) is 25.7 Å². The van der Waals surface area contributed by atoms with Crippen LogP contribution in [0.4, 0.5) is 11.4 Å². The van der Waals surface area contributed by atoms with Gasteiger partial charge < -0.3 is 20.7 Å². The van der Waals surface area contributed by atoms with Crippen LogP contribution in [0.15, 0.2) is 54.6 Å². The second kappa shape index (κ2) is 11.6. The van der Waals surface area contributed by atoms with Crippen molar-refractivity contribution in [3.8, 4) is 0 Å². The molecule has 0 spiro atoms. The number of amides is 2. The molecule has 0 heterocycles. The van der Waals surface area contributed by atoms with Gasteiger partial charge in [-0.1, -0.05) is 30.3 Å². The van der Waals surface area contributed by atoms with Crippen LogP contribution in [0.25, 0.3) is 0 Å². The third-order valence-corrected chi connectivity index (χ3v) is 4.15. The first-order valence-electron chi connectivity index (χ1n) is 9.08. The monoisotopic (exact) mass is 413 g/mol. The molecule has 0 bridgehead atoms. The molecular weight excluding hydrogens is 390 g/mol. The zero-order valence-corrected chi connectivity index (χ0v) is 16.9. The van der Waals surface area contributed by atoms with Crippen LogP contribution < -0.4 is 16.0 Å². The molecule has 2 amide bonds. The second-order valence-corrected chi connectivity index (χ2v) is 6.60. The summed E-state index contributed by atoms with van der Waals surface area (Å²) in [5, 5.41) is 8.33. The van der Waals surface area contributed by atoms with E-state index in [4.69, 9.17) is 12.2 Å². The van der Waals surface area contributed by atoms with Gasteiger partial charge in [0, 0.05) is 24.2 Å². The number of thiocarbonyl (C=S) groups is 1. The van der Waals surface area contributed by atoms with E-state index in [2.05, 4.69) is 20.7 Å². The molecule has 152 valence electrons. The molecule has 0 aliphatic carbocycles. The number of carbonyl (C=O) groups excluding carboxylic acids is 3. The van der Waals surface area contributed by atoms with Gasteiger partial charge in [0.1, 0.15) is 0 Å². The molecule has 0 aliphatic heterocycles. The van der Waals surface area contributed by atoms with E-state index in [1.54, 1.807) is 24.3 Å². The Hall–Kier alpha value is -3.26. The van der Waals surface area contributed by atoms with Gasteiger partial charge in [0.05, 0.1) is 13.5 Å². The van der Waals surface area contributed by atoms with Gasteiger partial charge in [-0.05, 0) is 48.5 Å². The number of ether oxygens (including phenoxy) is 1. The van der Waals surface area contributed by atoms with Gasteiger partial charge in [0.15, 0.2) is 5.11 Å². The number of aryl methyl sites for hydroxylation is 1. The summed E-state index contributed by atoms with van der Waals surface area (Å²) in [4.78, 5) is 34.8. The lowest BCUT2D eigenvalue weighted by molar-refractivity contribution is -0.142. The van der Waals surface area contributed by atoms with E-state index < -0.39 is 5.97 Å². The number of anilines is 2. The van der Waals surface area contributed by atoms with E-state index in [0.717, 1.165) is 5.56 Å². The maximum Gasteiger partial charge on any atom is 0.306 e. The Morgan fingerprint density at radius 2 is 1.45 bits per heavy atom. The van der Waals surface area contributed by atoms with Gasteiger partial charge in [0.25, 0.3) is 0 Å². The highest BCUT2D eigenvalue weighted by atomic mass is 32.1. The summed E-state index contributed by atoms with van der Waals surface area (Å²) in [6.45, 7) is 0. The predicted octanol–water partition coefficient (Wildman–Crippen LogP) is 3.02. The van der Waals surface area contributed by atoms with E-state index in [-0.39, 0.29) is 29.8 Å². The summed E-state index contributed by atoms with van der Waals surface area (Å²) in [5.41, 5.74) is 2.44. The summed E-state index contributed by atoms with van der Waals surface area (Å²) in [6, 6.07) is 16.8. The number of hydrogen-bond donors (Lipinski definition) is 3. The Morgan fingerprint density at radius 1 is 0.828 bits per heavy atom. The van der Waals surface area contributed by atoms with Gasteiger partial charge >= 0.3 is 5.97 Å². The van der Waals surface area contributed by atoms with Gasteiger partial charge in [-0.15, -0.1) is 0 Å². The lowest BCUT2D eigenvalue weighted by Gasteiger charge is -2.10. The number of hydrogen-bond acceptors (Lipinski definition) is 5. The lowest BCUT2D eigenvalue weighted by atomic mass is 10.1. The van der Waals surface area contributed by atoms with Gasteiger partial charge in [-0.2, -0.15) is 0 Å². The minimum atomic E-state index is -0.458. The quantitative estimate of drug-likeness (QED) is 0.455. The van der Waals surface area contributed by atoms with E-state index in [0.29, 0.717) is 24.2 Å². The van der Waals surface area contributed by atoms with Crippen LogP contribution in [0.2, 0.25) is 0 Å². The van der Waals surface area contributed by atoms with Crippen molar-refractivity contribution in [3.63, 3.8) is 0 Å². The number of nitrogens with one attached hydrogen (secondary N) is 3. The number of benzene rings is 2. The molecule has 0 saturated heterocycles. The van der Waals surface area contributed by atoms with Gasteiger partial charge in [0.2, 0.25) is 11.8 Å². The molecule has 29 heavy (non-hydrogen) atoms. The minimum absolute atomic E-state index is 0.0103. The maximum absolute atomic E-state index is 12.1. The minimum Gasteiger partial charge on any atom is -0.469 e. The summed E-state index contributed by atoms with van der Waals surface area (Å²) < 4.78 is 4.48. The smallest absolute Gasteiger partial charge is 0.306 e. The summed E-state index contributed by atoms with van der Waals surface area (Å²) in [5.74, 6) is -0.904. The molecule has 0 aromatic heterocycles. The molecule has 0 aliphatic rings. The molecule has 2 aromatic rings. The predicted molar refractivity (Wildman–Crippen MR) is 115 cm³/mol. The van der Waals surface area contributed by atoms with Crippen molar-refractivity contribution >= 4 is 46.5 Å². The maximum atomic E-state index is 12.1. The standard InChI is InChI=1S/C21H23N3O4S/c1-28-20(27)14-13-19(26)24-21(29)23-17-10-8-16(9-11-17)22-18(25)12-7-15-5-3-2-4-6-15/h2-6,8-11H,7,12-14H2,1H3,(H,22,25)(H2,23,24,26,29). The molecule has 7 nitrogen and oxygen atoms in total. The Balaban J connectivity index is 1.74. The van der Waals surface area contributed by atoms with Crippen LogP contribution in [-0.4, -0.2) is 30.0 Å². The van der Waals surface area contributed by atoms with Gasteiger partial charge in [-0.25, -0.2) is 0 Å². The van der Waals surface area contributed by atoms with Crippen LogP contribution in [0.5, 0.6) is 0 Å². The van der Waals surface area contributed by atoms with Crippen molar-refractivity contribution in [2.75, 3.05) is 17.7 Å². The molecule has 0 atom stereocenters. The van der Waals surface area contributed by atoms with Crippen molar-refractivity contribution in [1.29, 1.82) is 0 Å². The third-order valence-electron chi connectivity index (χ3n) is 3.95. The van der Waals surface area contributed by atoms with Gasteiger partial charge in [-0.3, -0.25) is 14.4 Å². The highest BCUT2D eigenvalue weighted by Gasteiger charge is 2.09. The average molecular weight is 413 g/mol.